The van der Waals surface area contributed by atoms with E-state index in [9.17, 15) is 5.11 Å². The molecular weight excluding hydrogens is 196 g/mol. The first-order valence-corrected chi connectivity index (χ1v) is 4.55. The summed E-state index contributed by atoms with van der Waals surface area (Å²) < 4.78 is 5.84. The van der Waals surface area contributed by atoms with Crippen LogP contribution >= 0.6 is 0 Å². The van der Waals surface area contributed by atoms with Crippen LogP contribution in [0.5, 0.6) is 11.7 Å². The Kier molecular flexibility index (Phi) is 2.53. The Balaban J connectivity index is 1.96. The molecule has 2 rings (SSSR count). The van der Waals surface area contributed by atoms with E-state index < -0.39 is 5.95 Å². The highest BCUT2D eigenvalue weighted by Crippen LogP contribution is 2.09. The Morgan fingerprint density at radius 3 is 2.67 bits per heavy atom. The molecule has 15 heavy (non-hydrogen) atoms. The average Bonchev–Trinajstić information content (AvgIpc) is 2.64. The zero-order valence-electron chi connectivity index (χ0n) is 7.96. The van der Waals surface area contributed by atoms with Gasteiger partial charge in [-0.25, -0.2) is 0 Å². The second-order valence-corrected chi connectivity index (χ2v) is 3.20. The molecule has 0 atom stereocenters. The molecule has 0 amide bonds. The highest BCUT2D eigenvalue weighted by molar-refractivity contribution is 5.25. The van der Waals surface area contributed by atoms with Crippen molar-refractivity contribution in [3.05, 3.63) is 36.0 Å². The van der Waals surface area contributed by atoms with E-state index in [1.54, 1.807) is 12.1 Å². The SMILES string of the molecule is [O-]c1c[n+](CCc2ccc(O)cc2)no1. The van der Waals surface area contributed by atoms with Gasteiger partial charge < -0.3 is 14.7 Å². The molecule has 0 bridgehead atoms. The van der Waals surface area contributed by atoms with Gasteiger partial charge in [0, 0.05) is 6.42 Å². The maximum Gasteiger partial charge on any atom is 0.221 e. The van der Waals surface area contributed by atoms with Gasteiger partial charge in [0.05, 0.1) is 5.27 Å². The van der Waals surface area contributed by atoms with Gasteiger partial charge in [0.15, 0.2) is 6.54 Å². The molecule has 0 unspecified atom stereocenters. The molecule has 5 nitrogen and oxygen atoms in total. The minimum absolute atomic E-state index is 0.245. The van der Waals surface area contributed by atoms with Crippen LogP contribution in [0.4, 0.5) is 0 Å². The van der Waals surface area contributed by atoms with Crippen molar-refractivity contribution in [2.45, 2.75) is 13.0 Å². The van der Waals surface area contributed by atoms with E-state index in [0.29, 0.717) is 6.54 Å². The number of hydrogen-bond donors (Lipinski definition) is 1. The Labute approximate surface area is 86.2 Å². The van der Waals surface area contributed by atoms with Crippen LogP contribution in [0.1, 0.15) is 5.56 Å². The van der Waals surface area contributed by atoms with E-state index in [1.807, 2.05) is 12.1 Å². The van der Waals surface area contributed by atoms with E-state index in [1.165, 1.54) is 10.9 Å². The van der Waals surface area contributed by atoms with Crippen LogP contribution in [-0.2, 0) is 13.0 Å². The fourth-order valence-corrected chi connectivity index (χ4v) is 1.27. The largest absolute Gasteiger partial charge is 0.539 e. The van der Waals surface area contributed by atoms with Crippen LogP contribution in [0.3, 0.4) is 0 Å². The van der Waals surface area contributed by atoms with Gasteiger partial charge in [-0.05, 0) is 17.7 Å². The predicted octanol–water partition coefficient (Wildman–Crippen LogP) is -0.0160. The third kappa shape index (κ3) is 2.46. The average molecular weight is 206 g/mol. The van der Waals surface area contributed by atoms with Gasteiger partial charge in [-0.3, -0.25) is 0 Å². The molecule has 2 aromatic rings. The van der Waals surface area contributed by atoms with E-state index >= 15 is 0 Å². The molecular formula is C10H10N2O3. The molecule has 0 saturated carbocycles. The number of rotatable bonds is 3. The first-order valence-electron chi connectivity index (χ1n) is 4.55. The van der Waals surface area contributed by atoms with Gasteiger partial charge in [0.25, 0.3) is 0 Å². The van der Waals surface area contributed by atoms with Crippen molar-refractivity contribution >= 4 is 0 Å². The smallest absolute Gasteiger partial charge is 0.221 e. The maximum atomic E-state index is 10.7. The minimum Gasteiger partial charge on any atom is -0.539 e. The quantitative estimate of drug-likeness (QED) is 0.716. The summed E-state index contributed by atoms with van der Waals surface area (Å²) in [6.07, 6.45) is 2.04. The summed E-state index contributed by atoms with van der Waals surface area (Å²) in [5.41, 5.74) is 1.07. The number of aryl methyl sites for hydroxylation is 2. The van der Waals surface area contributed by atoms with Crippen LogP contribution in [-0.4, -0.2) is 10.4 Å². The topological polar surface area (TPSA) is 73.2 Å². The van der Waals surface area contributed by atoms with E-state index in [0.717, 1.165) is 12.0 Å². The Morgan fingerprint density at radius 1 is 1.33 bits per heavy atom. The van der Waals surface area contributed by atoms with Gasteiger partial charge in [0.2, 0.25) is 6.20 Å². The summed E-state index contributed by atoms with van der Waals surface area (Å²) in [5, 5.41) is 23.3. The van der Waals surface area contributed by atoms with Crippen LogP contribution in [0, 0.1) is 0 Å². The summed E-state index contributed by atoms with van der Waals surface area (Å²) in [7, 11) is 0. The van der Waals surface area contributed by atoms with E-state index in [2.05, 4.69) is 9.79 Å². The fraction of sp³-hybridized carbons (Fsp3) is 0.200. The molecule has 1 heterocycles. The van der Waals surface area contributed by atoms with E-state index in [-0.39, 0.29) is 5.75 Å². The molecule has 1 aromatic heterocycles. The summed E-state index contributed by atoms with van der Waals surface area (Å²) >= 11 is 0. The lowest BCUT2D eigenvalue weighted by Crippen LogP contribution is -2.35. The minimum atomic E-state index is -0.444. The molecule has 0 aliphatic heterocycles. The Bertz CT molecular complexity index is 436. The monoisotopic (exact) mass is 206 g/mol. The van der Waals surface area contributed by atoms with Crippen LogP contribution < -0.4 is 9.79 Å². The highest BCUT2D eigenvalue weighted by atomic mass is 16.6. The maximum absolute atomic E-state index is 10.7. The zero-order valence-corrected chi connectivity index (χ0v) is 7.96. The summed E-state index contributed by atoms with van der Waals surface area (Å²) in [5.74, 6) is -0.199. The Morgan fingerprint density at radius 2 is 2.07 bits per heavy atom. The summed E-state index contributed by atoms with van der Waals surface area (Å²) in [6, 6.07) is 6.91. The van der Waals surface area contributed by atoms with Gasteiger partial charge in [-0.2, -0.15) is 0 Å². The number of aromatic nitrogens is 2. The summed E-state index contributed by atoms with van der Waals surface area (Å²) in [6.45, 7) is 0.580. The number of nitrogens with zero attached hydrogens (tertiary/aromatic N) is 2. The number of hydrogen-bond acceptors (Lipinski definition) is 4. The second kappa shape index (κ2) is 4.00. The molecule has 5 heteroatoms. The van der Waals surface area contributed by atoms with Crippen molar-refractivity contribution in [1.82, 2.24) is 5.27 Å². The van der Waals surface area contributed by atoms with Crippen LogP contribution in [0.2, 0.25) is 0 Å². The number of aromatic hydroxyl groups is 1. The molecule has 0 radical (unpaired) electrons. The van der Waals surface area contributed by atoms with Crippen molar-refractivity contribution < 1.29 is 19.4 Å². The lowest BCUT2D eigenvalue weighted by atomic mass is 10.1. The lowest BCUT2D eigenvalue weighted by Gasteiger charge is -1.96. The molecule has 1 aromatic carbocycles. The van der Waals surface area contributed by atoms with Gasteiger partial charge in [-0.1, -0.05) is 16.8 Å². The first-order chi connectivity index (χ1) is 7.24. The van der Waals surface area contributed by atoms with Crippen molar-refractivity contribution in [1.29, 1.82) is 0 Å². The predicted molar refractivity (Wildman–Crippen MR) is 48.0 cm³/mol. The van der Waals surface area contributed by atoms with Crippen molar-refractivity contribution in [3.8, 4) is 11.7 Å². The van der Waals surface area contributed by atoms with E-state index in [4.69, 9.17) is 5.11 Å². The van der Waals surface area contributed by atoms with Crippen molar-refractivity contribution in [2.75, 3.05) is 0 Å². The number of benzene rings is 1. The van der Waals surface area contributed by atoms with Gasteiger partial charge in [0.1, 0.15) is 11.7 Å². The second-order valence-electron chi connectivity index (χ2n) is 3.20. The fourth-order valence-electron chi connectivity index (χ4n) is 1.27. The van der Waals surface area contributed by atoms with Crippen LogP contribution in [0.15, 0.2) is 35.0 Å². The first kappa shape index (κ1) is 9.51. The zero-order chi connectivity index (χ0) is 10.7. The Hall–Kier alpha value is -2.04. The standard InChI is InChI=1S/C10H10N2O3/c13-9-3-1-8(2-4-9)5-6-12-7-10(14)15-11-12/h1-4,7H,5-6H2,(H-,11,13,14). The molecule has 0 spiro atoms. The van der Waals surface area contributed by atoms with Gasteiger partial charge >= 0.3 is 0 Å². The van der Waals surface area contributed by atoms with Crippen LogP contribution in [0.25, 0.3) is 0 Å². The number of phenols is 1. The number of phenolic OH excluding ortho intramolecular Hbond substituents is 1. The lowest BCUT2D eigenvalue weighted by molar-refractivity contribution is -0.762. The molecule has 1 N–H and O–H groups in total. The normalized spacial score (nSPS) is 10.4. The highest BCUT2D eigenvalue weighted by Gasteiger charge is 2.03. The van der Waals surface area contributed by atoms with Gasteiger partial charge in [-0.15, -0.1) is 0 Å². The third-order valence-electron chi connectivity index (χ3n) is 2.06. The molecule has 0 aliphatic carbocycles. The molecule has 0 fully saturated rings. The third-order valence-corrected chi connectivity index (χ3v) is 2.06. The van der Waals surface area contributed by atoms with Crippen molar-refractivity contribution in [3.63, 3.8) is 0 Å². The molecule has 0 saturated heterocycles. The van der Waals surface area contributed by atoms with Crippen molar-refractivity contribution in [2.24, 2.45) is 0 Å². The molecule has 78 valence electrons. The summed E-state index contributed by atoms with van der Waals surface area (Å²) in [4.78, 5) is 0. The molecule has 0 aliphatic rings.